The van der Waals surface area contributed by atoms with Crippen molar-refractivity contribution in [3.63, 3.8) is 0 Å². The molecule has 0 aromatic heterocycles. The molecule has 0 aliphatic rings. The van der Waals surface area contributed by atoms with Gasteiger partial charge in [-0.3, -0.25) is 0 Å². The molecule has 1 rings (SSSR count). The van der Waals surface area contributed by atoms with E-state index < -0.39 is 0 Å². The first-order valence-corrected chi connectivity index (χ1v) is 3.88. The number of thiol groups is 1. The number of hydrogen-bond acceptors (Lipinski definition) is 1. The largest absolute Gasteiger partial charge is 0.207 e. The SMILES string of the molecule is Cc1cc(P)c(S)cc1F. The van der Waals surface area contributed by atoms with Crippen molar-refractivity contribution in [2.75, 3.05) is 0 Å². The van der Waals surface area contributed by atoms with Gasteiger partial charge in [0.25, 0.3) is 0 Å². The number of rotatable bonds is 0. The zero-order chi connectivity index (χ0) is 7.72. The van der Waals surface area contributed by atoms with Crippen molar-refractivity contribution in [1.82, 2.24) is 0 Å². The summed E-state index contributed by atoms with van der Waals surface area (Å²) >= 11 is 4.05. The molecular formula is C7H8FPS. The maximum atomic E-state index is 12.7. The standard InChI is InChI=1S/C7H8FPS/c1-4-2-6(9)7(10)3-5(4)8/h2-3,10H,9H2,1H3. The van der Waals surface area contributed by atoms with Crippen LogP contribution in [0, 0.1) is 12.7 Å². The predicted octanol–water partition coefficient (Wildman–Crippen LogP) is 1.92. The van der Waals surface area contributed by atoms with Gasteiger partial charge in [-0.1, -0.05) is 0 Å². The molecule has 0 saturated carbocycles. The number of hydrogen-bond donors (Lipinski definition) is 1. The average molecular weight is 174 g/mol. The molecular weight excluding hydrogens is 166 g/mol. The summed E-state index contributed by atoms with van der Waals surface area (Å²) in [6, 6.07) is 3.17. The molecule has 0 radical (unpaired) electrons. The Hall–Kier alpha value is -0.0700. The molecule has 3 heteroatoms. The van der Waals surface area contributed by atoms with E-state index in [0.717, 1.165) is 5.30 Å². The fourth-order valence-electron chi connectivity index (χ4n) is 0.693. The van der Waals surface area contributed by atoms with E-state index in [2.05, 4.69) is 21.9 Å². The van der Waals surface area contributed by atoms with E-state index in [1.807, 2.05) is 0 Å². The van der Waals surface area contributed by atoms with Crippen LogP contribution in [0.3, 0.4) is 0 Å². The Balaban J connectivity index is 3.28. The second-order valence-electron chi connectivity index (χ2n) is 2.16. The number of halogens is 1. The summed E-state index contributed by atoms with van der Waals surface area (Å²) in [5.41, 5.74) is 0.655. The van der Waals surface area contributed by atoms with Crippen LogP contribution in [0.15, 0.2) is 17.0 Å². The summed E-state index contributed by atoms with van der Waals surface area (Å²) < 4.78 is 12.7. The maximum absolute atomic E-state index is 12.7. The van der Waals surface area contributed by atoms with Crippen molar-refractivity contribution in [2.24, 2.45) is 0 Å². The summed E-state index contributed by atoms with van der Waals surface area (Å²) in [6.07, 6.45) is 0. The molecule has 1 unspecified atom stereocenters. The highest BCUT2D eigenvalue weighted by Gasteiger charge is 1.99. The van der Waals surface area contributed by atoms with Gasteiger partial charge in [-0.25, -0.2) is 4.39 Å². The third-order valence-corrected chi connectivity index (χ3v) is 2.42. The van der Waals surface area contributed by atoms with Crippen molar-refractivity contribution in [3.8, 4) is 0 Å². The highest BCUT2D eigenvalue weighted by molar-refractivity contribution is 7.80. The normalized spacial score (nSPS) is 10.0. The lowest BCUT2D eigenvalue weighted by Crippen LogP contribution is -1.96. The van der Waals surface area contributed by atoms with Gasteiger partial charge >= 0.3 is 0 Å². The van der Waals surface area contributed by atoms with Gasteiger partial charge in [-0.05, 0) is 29.9 Å². The Bertz CT molecular complexity index is 210. The van der Waals surface area contributed by atoms with Gasteiger partial charge < -0.3 is 0 Å². The van der Waals surface area contributed by atoms with E-state index in [4.69, 9.17) is 0 Å². The molecule has 0 heterocycles. The monoisotopic (exact) mass is 174 g/mol. The second-order valence-corrected chi connectivity index (χ2v) is 3.26. The lowest BCUT2D eigenvalue weighted by atomic mass is 10.2. The topological polar surface area (TPSA) is 0 Å². The Morgan fingerprint density at radius 3 is 2.60 bits per heavy atom. The Morgan fingerprint density at radius 1 is 1.50 bits per heavy atom. The molecule has 1 aromatic rings. The molecule has 0 aliphatic carbocycles. The van der Waals surface area contributed by atoms with E-state index in [9.17, 15) is 4.39 Å². The van der Waals surface area contributed by atoms with Gasteiger partial charge in [0, 0.05) is 4.90 Å². The molecule has 0 amide bonds. The van der Waals surface area contributed by atoms with E-state index in [0.29, 0.717) is 10.5 Å². The first-order valence-electron chi connectivity index (χ1n) is 2.86. The lowest BCUT2D eigenvalue weighted by molar-refractivity contribution is 0.616. The van der Waals surface area contributed by atoms with Gasteiger partial charge in [0.2, 0.25) is 0 Å². The fraction of sp³-hybridized carbons (Fsp3) is 0.143. The lowest BCUT2D eigenvalue weighted by Gasteiger charge is -2.00. The smallest absolute Gasteiger partial charge is 0.127 e. The van der Waals surface area contributed by atoms with Gasteiger partial charge in [0.1, 0.15) is 5.82 Å². The Morgan fingerprint density at radius 2 is 2.10 bits per heavy atom. The van der Waals surface area contributed by atoms with Gasteiger partial charge in [-0.15, -0.1) is 21.9 Å². The molecule has 0 bridgehead atoms. The molecule has 54 valence electrons. The van der Waals surface area contributed by atoms with Crippen LogP contribution in [-0.2, 0) is 0 Å². The van der Waals surface area contributed by atoms with Gasteiger partial charge in [0.15, 0.2) is 0 Å². The first-order chi connectivity index (χ1) is 4.61. The molecule has 0 aliphatic heterocycles. The Kier molecular flexibility index (Phi) is 2.32. The molecule has 1 atom stereocenters. The first kappa shape index (κ1) is 8.03. The van der Waals surface area contributed by atoms with Crippen LogP contribution >= 0.6 is 21.9 Å². The van der Waals surface area contributed by atoms with Crippen molar-refractivity contribution >= 4 is 27.2 Å². The van der Waals surface area contributed by atoms with Crippen molar-refractivity contribution in [3.05, 3.63) is 23.5 Å². The molecule has 0 fully saturated rings. The third kappa shape index (κ3) is 1.50. The molecule has 0 saturated heterocycles. The van der Waals surface area contributed by atoms with Crippen LogP contribution in [0.2, 0.25) is 0 Å². The minimum atomic E-state index is -0.198. The van der Waals surface area contributed by atoms with E-state index >= 15 is 0 Å². The van der Waals surface area contributed by atoms with Crippen LogP contribution in [0.1, 0.15) is 5.56 Å². The summed E-state index contributed by atoms with van der Waals surface area (Å²) in [7, 11) is 2.50. The van der Waals surface area contributed by atoms with Crippen molar-refractivity contribution < 1.29 is 4.39 Å². The second kappa shape index (κ2) is 2.89. The quantitative estimate of drug-likeness (QED) is 0.451. The van der Waals surface area contributed by atoms with Crippen molar-refractivity contribution in [2.45, 2.75) is 11.8 Å². The van der Waals surface area contributed by atoms with Crippen LogP contribution in [0.4, 0.5) is 4.39 Å². The maximum Gasteiger partial charge on any atom is 0.127 e. The van der Waals surface area contributed by atoms with Crippen molar-refractivity contribution in [1.29, 1.82) is 0 Å². The highest BCUT2D eigenvalue weighted by Crippen LogP contribution is 2.12. The van der Waals surface area contributed by atoms with E-state index in [1.165, 1.54) is 6.07 Å². The molecule has 0 spiro atoms. The zero-order valence-corrected chi connectivity index (χ0v) is 7.61. The van der Waals surface area contributed by atoms with Crippen LogP contribution in [0.5, 0.6) is 0 Å². The summed E-state index contributed by atoms with van der Waals surface area (Å²) in [5.74, 6) is -0.198. The minimum Gasteiger partial charge on any atom is -0.207 e. The Labute approximate surface area is 67.4 Å². The van der Waals surface area contributed by atoms with Crippen LogP contribution in [0.25, 0.3) is 0 Å². The highest BCUT2D eigenvalue weighted by atomic mass is 32.1. The third-order valence-electron chi connectivity index (χ3n) is 1.31. The summed E-state index contributed by atoms with van der Waals surface area (Å²) in [5, 5.41) is 0.933. The average Bonchev–Trinajstić information content (AvgIpc) is 1.84. The molecule has 0 nitrogen and oxygen atoms in total. The van der Waals surface area contributed by atoms with Gasteiger partial charge in [-0.2, -0.15) is 0 Å². The fourth-order valence-corrected chi connectivity index (χ4v) is 1.20. The van der Waals surface area contributed by atoms with E-state index in [1.54, 1.807) is 13.0 Å². The van der Waals surface area contributed by atoms with Gasteiger partial charge in [0.05, 0.1) is 0 Å². The number of benzene rings is 1. The zero-order valence-electron chi connectivity index (χ0n) is 5.56. The summed E-state index contributed by atoms with van der Waals surface area (Å²) in [4.78, 5) is 0.674. The predicted molar refractivity (Wildman–Crippen MR) is 47.7 cm³/mol. The van der Waals surface area contributed by atoms with E-state index in [-0.39, 0.29) is 5.82 Å². The molecule has 1 aromatic carbocycles. The van der Waals surface area contributed by atoms with Crippen LogP contribution in [-0.4, -0.2) is 0 Å². The number of aryl methyl sites for hydroxylation is 1. The molecule has 10 heavy (non-hydrogen) atoms. The minimum absolute atomic E-state index is 0.198. The molecule has 0 N–H and O–H groups in total. The summed E-state index contributed by atoms with van der Waals surface area (Å²) in [6.45, 7) is 1.73. The van der Waals surface area contributed by atoms with Crippen LogP contribution < -0.4 is 5.30 Å².